The van der Waals surface area contributed by atoms with Gasteiger partial charge in [0.1, 0.15) is 11.5 Å². The molecule has 1 saturated carbocycles. The molecule has 38 heavy (non-hydrogen) atoms. The van der Waals surface area contributed by atoms with E-state index in [1.807, 2.05) is 56.8 Å². The van der Waals surface area contributed by atoms with Crippen LogP contribution in [0.2, 0.25) is 0 Å². The summed E-state index contributed by atoms with van der Waals surface area (Å²) in [5.41, 5.74) is 2.10. The maximum Gasteiger partial charge on any atom is 0.407 e. The highest BCUT2D eigenvalue weighted by molar-refractivity contribution is 5.98. The molecule has 1 atom stereocenters. The van der Waals surface area contributed by atoms with Gasteiger partial charge in [-0.15, -0.1) is 0 Å². The fourth-order valence-corrected chi connectivity index (χ4v) is 4.95. The average molecular weight is 517 g/mol. The van der Waals surface area contributed by atoms with Gasteiger partial charge in [-0.1, -0.05) is 20.8 Å². The quantitative estimate of drug-likeness (QED) is 0.315. The topological polar surface area (TPSA) is 115 Å². The monoisotopic (exact) mass is 516 g/mol. The number of ether oxygens (including phenoxy) is 1. The number of fused-ring (bicyclic) bond motifs is 1. The van der Waals surface area contributed by atoms with E-state index in [2.05, 4.69) is 15.4 Å². The lowest BCUT2D eigenvalue weighted by atomic mass is 9.83. The van der Waals surface area contributed by atoms with Crippen LogP contribution in [0.25, 0.3) is 10.9 Å². The lowest BCUT2D eigenvalue weighted by molar-refractivity contribution is 0.0965. The Morgan fingerprint density at radius 2 is 1.87 bits per heavy atom. The molecule has 0 spiro atoms. The summed E-state index contributed by atoms with van der Waals surface area (Å²) in [6, 6.07) is 12.0. The van der Waals surface area contributed by atoms with Crippen molar-refractivity contribution in [3.63, 3.8) is 0 Å². The highest BCUT2D eigenvalue weighted by atomic mass is 16.5. The first kappa shape index (κ1) is 25.3. The Balaban J connectivity index is 1.34. The van der Waals surface area contributed by atoms with Gasteiger partial charge in [-0.2, -0.15) is 5.10 Å². The maximum absolute atomic E-state index is 13.0. The zero-order valence-corrected chi connectivity index (χ0v) is 22.2. The number of aryl methyl sites for hydroxylation is 1. The molecule has 198 valence electrons. The van der Waals surface area contributed by atoms with Crippen LogP contribution in [0, 0.1) is 5.41 Å². The zero-order chi connectivity index (χ0) is 27.2. The first-order chi connectivity index (χ1) is 18.0. The second kappa shape index (κ2) is 9.51. The Bertz CT molecular complexity index is 1510. The third-order valence-electron chi connectivity index (χ3n) is 6.80. The number of benzene rings is 1. The molecule has 0 bridgehead atoms. The first-order valence-electron chi connectivity index (χ1n) is 12.6. The lowest BCUT2D eigenvalue weighted by Gasteiger charge is -2.36. The summed E-state index contributed by atoms with van der Waals surface area (Å²) in [5, 5.41) is 17.7. The van der Waals surface area contributed by atoms with Gasteiger partial charge >= 0.3 is 12.1 Å². The number of rotatable bonds is 6. The Hall–Kier alpha value is -4.34. The maximum atomic E-state index is 13.0. The number of anilines is 1. The number of nitrogens with one attached hydrogen (secondary N) is 1. The Morgan fingerprint density at radius 3 is 2.55 bits per heavy atom. The van der Waals surface area contributed by atoms with E-state index in [0.717, 1.165) is 29.4 Å². The van der Waals surface area contributed by atoms with Crippen LogP contribution in [0.4, 0.5) is 15.4 Å². The summed E-state index contributed by atoms with van der Waals surface area (Å²) in [6.07, 6.45) is 4.64. The SMILES string of the molecule is CN(C(=O)O)C(c1cc(Oc2ccc3c(ccn3C(=O)Nc3cc(C4CC4)n(C)n3)c2)ccn1)C(C)(C)C. The van der Waals surface area contributed by atoms with Gasteiger partial charge in [-0.3, -0.25) is 19.5 Å². The van der Waals surface area contributed by atoms with Crippen LogP contribution < -0.4 is 10.1 Å². The van der Waals surface area contributed by atoms with Crippen LogP contribution in [0.3, 0.4) is 0 Å². The Kier molecular flexibility index (Phi) is 6.34. The summed E-state index contributed by atoms with van der Waals surface area (Å²) in [7, 11) is 3.44. The van der Waals surface area contributed by atoms with Crippen molar-refractivity contribution >= 4 is 28.8 Å². The molecule has 1 aliphatic rings. The van der Waals surface area contributed by atoms with Gasteiger partial charge in [0.25, 0.3) is 0 Å². The van der Waals surface area contributed by atoms with Crippen molar-refractivity contribution in [2.75, 3.05) is 12.4 Å². The molecule has 3 heterocycles. The second-order valence-electron chi connectivity index (χ2n) is 10.9. The molecule has 0 saturated heterocycles. The number of pyridine rings is 1. The highest BCUT2D eigenvalue weighted by Crippen LogP contribution is 2.41. The van der Waals surface area contributed by atoms with E-state index >= 15 is 0 Å². The smallest absolute Gasteiger partial charge is 0.407 e. The predicted octanol–water partition coefficient (Wildman–Crippen LogP) is 6.22. The largest absolute Gasteiger partial charge is 0.465 e. The second-order valence-corrected chi connectivity index (χ2v) is 10.9. The number of carbonyl (C=O) groups excluding carboxylic acids is 1. The van der Waals surface area contributed by atoms with Gasteiger partial charge in [-0.05, 0) is 48.6 Å². The molecule has 1 aliphatic carbocycles. The van der Waals surface area contributed by atoms with E-state index in [1.165, 1.54) is 4.90 Å². The van der Waals surface area contributed by atoms with Crippen molar-refractivity contribution in [2.45, 2.75) is 45.6 Å². The van der Waals surface area contributed by atoms with Gasteiger partial charge in [0, 0.05) is 55.6 Å². The van der Waals surface area contributed by atoms with Crippen molar-refractivity contribution in [1.82, 2.24) is 24.2 Å². The zero-order valence-electron chi connectivity index (χ0n) is 22.2. The number of carbonyl (C=O) groups is 2. The number of aromatic nitrogens is 4. The molecule has 0 aliphatic heterocycles. The fraction of sp³-hybridized carbons (Fsp3) is 0.357. The van der Waals surface area contributed by atoms with Crippen LogP contribution in [-0.2, 0) is 7.05 Å². The summed E-state index contributed by atoms with van der Waals surface area (Å²) < 4.78 is 9.49. The molecular weight excluding hydrogens is 484 g/mol. The molecule has 1 fully saturated rings. The molecule has 2 amide bonds. The van der Waals surface area contributed by atoms with Crippen LogP contribution in [0.5, 0.6) is 11.5 Å². The third-order valence-corrected chi connectivity index (χ3v) is 6.80. The molecule has 3 aromatic heterocycles. The molecule has 5 rings (SSSR count). The van der Waals surface area contributed by atoms with Crippen molar-refractivity contribution in [1.29, 1.82) is 0 Å². The van der Waals surface area contributed by atoms with E-state index in [-0.39, 0.29) is 11.4 Å². The van der Waals surface area contributed by atoms with Crippen molar-refractivity contribution in [3.8, 4) is 11.5 Å². The molecule has 2 N–H and O–H groups in total. The van der Waals surface area contributed by atoms with Crippen LogP contribution in [-0.4, -0.2) is 48.5 Å². The molecule has 0 radical (unpaired) electrons. The van der Waals surface area contributed by atoms with Gasteiger partial charge in [0.2, 0.25) is 0 Å². The highest BCUT2D eigenvalue weighted by Gasteiger charge is 2.34. The molecule has 10 heteroatoms. The number of hydrogen-bond acceptors (Lipinski definition) is 5. The molecule has 4 aromatic rings. The minimum atomic E-state index is -1.02. The normalized spacial score (nSPS) is 14.3. The van der Waals surface area contributed by atoms with Crippen LogP contribution in [0.1, 0.15) is 57.0 Å². The molecule has 10 nitrogen and oxygen atoms in total. The number of carboxylic acid groups (broad SMARTS) is 1. The van der Waals surface area contributed by atoms with Crippen molar-refractivity contribution < 1.29 is 19.4 Å². The van der Waals surface area contributed by atoms with E-state index in [0.29, 0.717) is 28.9 Å². The standard InChI is InChI=1S/C28H32N6O4/c1-28(2,3)25(32(4)27(36)37)21-15-20(10-12-29-21)38-19-8-9-22-18(14-19)11-13-34(22)26(35)30-24-16-23(17-6-7-17)33(5)31-24/h8-17,25H,6-7H2,1-5H3,(H,36,37)(H,30,31,35). The molecular formula is C28H32N6O4. The average Bonchev–Trinajstić information content (AvgIpc) is 3.49. The number of hydrogen-bond donors (Lipinski definition) is 2. The van der Waals surface area contributed by atoms with Crippen molar-refractivity contribution in [2.24, 2.45) is 12.5 Å². The van der Waals surface area contributed by atoms with E-state index in [4.69, 9.17) is 4.74 Å². The summed E-state index contributed by atoms with van der Waals surface area (Å²) in [6.45, 7) is 5.92. The van der Waals surface area contributed by atoms with Gasteiger partial charge < -0.3 is 14.7 Å². The Labute approximate surface area is 220 Å². The minimum absolute atomic E-state index is 0.288. The Morgan fingerprint density at radius 1 is 1.13 bits per heavy atom. The number of amides is 2. The van der Waals surface area contributed by atoms with E-state index in [9.17, 15) is 14.7 Å². The summed E-state index contributed by atoms with van der Waals surface area (Å²) in [4.78, 5) is 30.4. The van der Waals surface area contributed by atoms with Crippen LogP contribution >= 0.6 is 0 Å². The summed E-state index contributed by atoms with van der Waals surface area (Å²) >= 11 is 0. The van der Waals surface area contributed by atoms with E-state index in [1.54, 1.807) is 42.2 Å². The minimum Gasteiger partial charge on any atom is -0.465 e. The molecule has 1 unspecified atom stereocenters. The van der Waals surface area contributed by atoms with Gasteiger partial charge in [-0.25, -0.2) is 9.59 Å². The fourth-order valence-electron chi connectivity index (χ4n) is 4.95. The lowest BCUT2D eigenvalue weighted by Crippen LogP contribution is -2.38. The van der Waals surface area contributed by atoms with Crippen LogP contribution in [0.15, 0.2) is 54.9 Å². The number of nitrogens with zero attached hydrogens (tertiary/aromatic N) is 5. The molecule has 1 aromatic carbocycles. The predicted molar refractivity (Wildman–Crippen MR) is 144 cm³/mol. The van der Waals surface area contributed by atoms with Crippen molar-refractivity contribution in [3.05, 3.63) is 66.2 Å². The van der Waals surface area contributed by atoms with Gasteiger partial charge in [0.15, 0.2) is 5.82 Å². The third kappa shape index (κ3) is 5.06. The summed E-state index contributed by atoms with van der Waals surface area (Å²) in [5.74, 6) is 2.21. The van der Waals surface area contributed by atoms with Gasteiger partial charge in [0.05, 0.1) is 17.3 Å². The first-order valence-corrected chi connectivity index (χ1v) is 12.6. The van der Waals surface area contributed by atoms with E-state index < -0.39 is 12.1 Å².